The first-order valence-electron chi connectivity index (χ1n) is 6.27. The van der Waals surface area contributed by atoms with E-state index in [-0.39, 0.29) is 0 Å². The first-order chi connectivity index (χ1) is 6.45. The maximum absolute atomic E-state index is 2.48. The lowest BCUT2D eigenvalue weighted by Crippen LogP contribution is -2.14. The first kappa shape index (κ1) is 9.55. The topological polar surface area (TPSA) is 0 Å². The summed E-state index contributed by atoms with van der Waals surface area (Å²) in [6.07, 6.45) is 17.5. The van der Waals surface area contributed by atoms with E-state index < -0.39 is 0 Å². The van der Waals surface area contributed by atoms with Gasteiger partial charge in [0.2, 0.25) is 0 Å². The van der Waals surface area contributed by atoms with Crippen molar-refractivity contribution >= 4 is 0 Å². The molecule has 0 heterocycles. The molecule has 0 aliphatic heterocycles. The zero-order valence-corrected chi connectivity index (χ0v) is 8.80. The zero-order chi connectivity index (χ0) is 8.93. The molecule has 2 fully saturated rings. The second kappa shape index (κ2) is 5.02. The van der Waals surface area contributed by atoms with Gasteiger partial charge in [-0.25, -0.2) is 0 Å². The molecule has 0 nitrogen and oxygen atoms in total. The summed E-state index contributed by atoms with van der Waals surface area (Å²) in [7, 11) is 0. The van der Waals surface area contributed by atoms with Crippen LogP contribution in [-0.4, -0.2) is 0 Å². The summed E-state index contributed by atoms with van der Waals surface area (Å²) in [5.41, 5.74) is 0. The fourth-order valence-electron chi connectivity index (χ4n) is 3.13. The predicted molar refractivity (Wildman–Crippen MR) is 57.5 cm³/mol. The third-order valence-corrected chi connectivity index (χ3v) is 3.95. The Labute approximate surface area is 83.1 Å². The monoisotopic (exact) mass is 179 g/mol. The van der Waals surface area contributed by atoms with Crippen LogP contribution in [0.5, 0.6) is 0 Å². The molecule has 0 amide bonds. The van der Waals surface area contributed by atoms with E-state index in [9.17, 15) is 0 Å². The van der Waals surface area contributed by atoms with Crippen LogP contribution < -0.4 is 0 Å². The van der Waals surface area contributed by atoms with E-state index in [2.05, 4.69) is 6.42 Å². The maximum Gasteiger partial charge on any atom is -0.0386 e. The third-order valence-electron chi connectivity index (χ3n) is 3.95. The zero-order valence-electron chi connectivity index (χ0n) is 8.80. The van der Waals surface area contributed by atoms with Gasteiger partial charge in [-0.3, -0.25) is 0 Å². The summed E-state index contributed by atoms with van der Waals surface area (Å²) in [6, 6.07) is 0. The van der Waals surface area contributed by atoms with E-state index in [0.717, 1.165) is 11.8 Å². The summed E-state index contributed by atoms with van der Waals surface area (Å²) in [4.78, 5) is 0. The van der Waals surface area contributed by atoms with Crippen molar-refractivity contribution in [3.63, 3.8) is 0 Å². The van der Waals surface area contributed by atoms with Gasteiger partial charge >= 0.3 is 0 Å². The lowest BCUT2D eigenvalue weighted by atomic mass is 9.78. The molecule has 0 unspecified atom stereocenters. The van der Waals surface area contributed by atoms with Crippen molar-refractivity contribution in [2.24, 2.45) is 11.8 Å². The molecule has 0 aromatic heterocycles. The SMILES string of the molecule is [CH]1CCC(CC2CCCCC2)CC1. The smallest absolute Gasteiger partial charge is 0.0386 e. The lowest BCUT2D eigenvalue weighted by Gasteiger charge is -2.28. The van der Waals surface area contributed by atoms with E-state index in [0.29, 0.717) is 0 Å². The van der Waals surface area contributed by atoms with Gasteiger partial charge < -0.3 is 0 Å². The largest absolute Gasteiger partial charge is 0.0533 e. The van der Waals surface area contributed by atoms with Gasteiger partial charge in [0.05, 0.1) is 0 Å². The van der Waals surface area contributed by atoms with Crippen LogP contribution >= 0.6 is 0 Å². The van der Waals surface area contributed by atoms with Crippen LogP contribution in [0.25, 0.3) is 0 Å². The van der Waals surface area contributed by atoms with Gasteiger partial charge in [-0.2, -0.15) is 0 Å². The molecule has 1 radical (unpaired) electrons. The van der Waals surface area contributed by atoms with Crippen LogP contribution in [0.3, 0.4) is 0 Å². The highest BCUT2D eigenvalue weighted by molar-refractivity contribution is 4.79. The van der Waals surface area contributed by atoms with Gasteiger partial charge in [0.1, 0.15) is 0 Å². The Balaban J connectivity index is 1.69. The van der Waals surface area contributed by atoms with Crippen molar-refractivity contribution < 1.29 is 0 Å². The standard InChI is InChI=1S/C13H23/c1-3-7-12(8-4-1)11-13-9-5-2-6-10-13/h1,12-13H,2-11H2. The Morgan fingerprint density at radius 2 is 1.38 bits per heavy atom. The van der Waals surface area contributed by atoms with Crippen LogP contribution in [0.15, 0.2) is 0 Å². The summed E-state index contributed by atoms with van der Waals surface area (Å²) in [5.74, 6) is 2.20. The van der Waals surface area contributed by atoms with E-state index in [4.69, 9.17) is 0 Å². The first-order valence-corrected chi connectivity index (χ1v) is 6.27. The van der Waals surface area contributed by atoms with Crippen LogP contribution in [0, 0.1) is 18.3 Å². The van der Waals surface area contributed by atoms with Crippen molar-refractivity contribution in [3.05, 3.63) is 6.42 Å². The molecule has 0 spiro atoms. The van der Waals surface area contributed by atoms with E-state index >= 15 is 0 Å². The number of hydrogen-bond acceptors (Lipinski definition) is 0. The normalized spacial score (nSPS) is 27.7. The molecule has 0 bridgehead atoms. The molecule has 0 aromatic rings. The van der Waals surface area contributed by atoms with Gasteiger partial charge in [0.25, 0.3) is 0 Å². The minimum Gasteiger partial charge on any atom is -0.0533 e. The van der Waals surface area contributed by atoms with Crippen molar-refractivity contribution in [1.29, 1.82) is 0 Å². The van der Waals surface area contributed by atoms with Crippen LogP contribution in [0.4, 0.5) is 0 Å². The lowest BCUT2D eigenvalue weighted by molar-refractivity contribution is 0.258. The number of rotatable bonds is 2. The Hall–Kier alpha value is 0. The van der Waals surface area contributed by atoms with Gasteiger partial charge in [0, 0.05) is 0 Å². The average molecular weight is 179 g/mol. The Morgan fingerprint density at radius 1 is 0.769 bits per heavy atom. The van der Waals surface area contributed by atoms with Crippen LogP contribution in [-0.2, 0) is 0 Å². The van der Waals surface area contributed by atoms with Crippen molar-refractivity contribution in [3.8, 4) is 0 Å². The second-order valence-corrected chi connectivity index (χ2v) is 5.05. The Morgan fingerprint density at radius 3 is 2.08 bits per heavy atom. The Kier molecular flexibility index (Phi) is 3.69. The molecular weight excluding hydrogens is 156 g/mol. The summed E-state index contributed by atoms with van der Waals surface area (Å²) < 4.78 is 0. The summed E-state index contributed by atoms with van der Waals surface area (Å²) in [6.45, 7) is 0. The highest BCUT2D eigenvalue weighted by Gasteiger charge is 2.20. The molecule has 0 heteroatoms. The maximum atomic E-state index is 2.48. The molecule has 2 aliphatic rings. The van der Waals surface area contributed by atoms with Gasteiger partial charge in [0.15, 0.2) is 0 Å². The van der Waals surface area contributed by atoms with Crippen LogP contribution in [0.1, 0.15) is 64.2 Å². The molecule has 0 aromatic carbocycles. The minimum absolute atomic E-state index is 1.09. The molecule has 2 aliphatic carbocycles. The van der Waals surface area contributed by atoms with Gasteiger partial charge in [-0.15, -0.1) is 0 Å². The average Bonchev–Trinajstić information content (AvgIpc) is 2.21. The second-order valence-electron chi connectivity index (χ2n) is 5.05. The predicted octanol–water partition coefficient (Wildman–Crippen LogP) is 4.35. The quantitative estimate of drug-likeness (QED) is 0.591. The fourth-order valence-corrected chi connectivity index (χ4v) is 3.13. The molecule has 0 saturated heterocycles. The minimum atomic E-state index is 1.09. The molecule has 75 valence electrons. The van der Waals surface area contributed by atoms with Crippen molar-refractivity contribution in [2.75, 3.05) is 0 Å². The van der Waals surface area contributed by atoms with Crippen molar-refractivity contribution in [1.82, 2.24) is 0 Å². The highest BCUT2D eigenvalue weighted by atomic mass is 14.3. The molecule has 13 heavy (non-hydrogen) atoms. The fraction of sp³-hybridized carbons (Fsp3) is 0.923. The summed E-state index contributed by atoms with van der Waals surface area (Å²) >= 11 is 0. The molecule has 2 rings (SSSR count). The molecule has 0 atom stereocenters. The van der Waals surface area contributed by atoms with Crippen LogP contribution in [0.2, 0.25) is 0 Å². The van der Waals surface area contributed by atoms with E-state index in [1.165, 1.54) is 44.9 Å². The molecule has 0 N–H and O–H groups in total. The van der Waals surface area contributed by atoms with E-state index in [1.54, 1.807) is 19.3 Å². The molecular formula is C13H23. The van der Waals surface area contributed by atoms with E-state index in [1.807, 2.05) is 0 Å². The van der Waals surface area contributed by atoms with Gasteiger partial charge in [-0.1, -0.05) is 44.9 Å². The molecule has 2 saturated carbocycles. The number of hydrogen-bond donors (Lipinski definition) is 0. The highest BCUT2D eigenvalue weighted by Crippen LogP contribution is 2.34. The van der Waals surface area contributed by atoms with Crippen molar-refractivity contribution in [2.45, 2.75) is 64.2 Å². The summed E-state index contributed by atoms with van der Waals surface area (Å²) in [5, 5.41) is 0. The third kappa shape index (κ3) is 3.00. The Bertz CT molecular complexity index is 111. The van der Waals surface area contributed by atoms with Gasteiger partial charge in [-0.05, 0) is 37.5 Å².